The molecule has 0 bridgehead atoms. The Balaban J connectivity index is 1.99. The maximum Gasteiger partial charge on any atom is 0.110 e. The Bertz CT molecular complexity index is 566. The molecule has 4 heteroatoms. The summed E-state index contributed by atoms with van der Waals surface area (Å²) in [6.45, 7) is 1.48. The molecule has 0 spiro atoms. The molecule has 1 aromatic carbocycles. The van der Waals surface area contributed by atoms with Crippen LogP contribution in [0.4, 0.5) is 0 Å². The molecule has 0 radical (unpaired) electrons. The standard InChI is InChI=1S/C15H21N3O/c16-11-15(6-3-7-15)10-14-17-12-4-1-2-5-13(12)18(14)8-9-19/h1-2,4-5,19H,3,6-11,16H2. The molecular formula is C15H21N3O. The number of aliphatic hydroxyl groups is 1. The Morgan fingerprint density at radius 2 is 2.11 bits per heavy atom. The van der Waals surface area contributed by atoms with Gasteiger partial charge in [0.25, 0.3) is 0 Å². The summed E-state index contributed by atoms with van der Waals surface area (Å²) < 4.78 is 2.14. The van der Waals surface area contributed by atoms with Crippen LogP contribution < -0.4 is 5.73 Å². The summed E-state index contributed by atoms with van der Waals surface area (Å²) >= 11 is 0. The van der Waals surface area contributed by atoms with Crippen LogP contribution in [0.15, 0.2) is 24.3 Å². The second-order valence-corrected chi connectivity index (χ2v) is 5.63. The van der Waals surface area contributed by atoms with Crippen molar-refractivity contribution in [1.29, 1.82) is 0 Å². The van der Waals surface area contributed by atoms with Crippen LogP contribution in [0.5, 0.6) is 0 Å². The van der Waals surface area contributed by atoms with E-state index in [0.29, 0.717) is 6.54 Å². The van der Waals surface area contributed by atoms with Crippen molar-refractivity contribution in [3.63, 3.8) is 0 Å². The van der Waals surface area contributed by atoms with Crippen LogP contribution >= 0.6 is 0 Å². The molecule has 2 aromatic rings. The quantitative estimate of drug-likeness (QED) is 0.859. The topological polar surface area (TPSA) is 64.1 Å². The number of hydrogen-bond donors (Lipinski definition) is 2. The first-order chi connectivity index (χ1) is 9.28. The molecule has 0 amide bonds. The van der Waals surface area contributed by atoms with E-state index in [0.717, 1.165) is 29.8 Å². The predicted molar refractivity (Wildman–Crippen MR) is 75.9 cm³/mol. The Morgan fingerprint density at radius 1 is 1.32 bits per heavy atom. The van der Waals surface area contributed by atoms with Gasteiger partial charge in [-0.1, -0.05) is 18.6 Å². The smallest absolute Gasteiger partial charge is 0.110 e. The van der Waals surface area contributed by atoms with Crippen LogP contribution in [-0.4, -0.2) is 27.8 Å². The molecule has 3 N–H and O–H groups in total. The first-order valence-corrected chi connectivity index (χ1v) is 7.03. The average Bonchev–Trinajstić information content (AvgIpc) is 2.73. The summed E-state index contributed by atoms with van der Waals surface area (Å²) in [4.78, 5) is 4.74. The number of para-hydroxylation sites is 2. The molecule has 1 heterocycles. The number of fused-ring (bicyclic) bond motifs is 1. The summed E-state index contributed by atoms with van der Waals surface area (Å²) in [6, 6.07) is 8.12. The van der Waals surface area contributed by atoms with E-state index in [1.807, 2.05) is 18.2 Å². The molecule has 1 saturated carbocycles. The van der Waals surface area contributed by atoms with Gasteiger partial charge in [-0.05, 0) is 36.9 Å². The van der Waals surface area contributed by atoms with E-state index in [4.69, 9.17) is 10.7 Å². The van der Waals surface area contributed by atoms with Crippen LogP contribution in [0.25, 0.3) is 11.0 Å². The van der Waals surface area contributed by atoms with Crippen molar-refractivity contribution < 1.29 is 5.11 Å². The van der Waals surface area contributed by atoms with E-state index >= 15 is 0 Å². The number of benzene rings is 1. The predicted octanol–water partition coefficient (Wildman–Crippen LogP) is 1.70. The minimum Gasteiger partial charge on any atom is -0.395 e. The fourth-order valence-corrected chi connectivity index (χ4v) is 3.08. The number of nitrogens with two attached hydrogens (primary N) is 1. The lowest BCUT2D eigenvalue weighted by Crippen LogP contribution is -2.40. The Labute approximate surface area is 113 Å². The third kappa shape index (κ3) is 2.15. The van der Waals surface area contributed by atoms with Crippen LogP contribution in [0.3, 0.4) is 0 Å². The van der Waals surface area contributed by atoms with E-state index in [-0.39, 0.29) is 12.0 Å². The van der Waals surface area contributed by atoms with Gasteiger partial charge in [-0.3, -0.25) is 0 Å². The highest BCUT2D eigenvalue weighted by atomic mass is 16.3. The zero-order chi connectivity index (χ0) is 13.3. The number of aliphatic hydroxyl groups excluding tert-OH is 1. The highest BCUT2D eigenvalue weighted by Gasteiger charge is 2.37. The van der Waals surface area contributed by atoms with Crippen LogP contribution in [0, 0.1) is 5.41 Å². The number of imidazole rings is 1. The fraction of sp³-hybridized carbons (Fsp3) is 0.533. The van der Waals surface area contributed by atoms with Crippen LogP contribution in [0.2, 0.25) is 0 Å². The summed E-state index contributed by atoms with van der Waals surface area (Å²) in [6.07, 6.45) is 4.60. The summed E-state index contributed by atoms with van der Waals surface area (Å²) in [5.41, 5.74) is 8.31. The Kier molecular flexibility index (Phi) is 3.29. The van der Waals surface area contributed by atoms with Gasteiger partial charge in [0.15, 0.2) is 0 Å². The first kappa shape index (κ1) is 12.6. The Hall–Kier alpha value is -1.39. The van der Waals surface area contributed by atoms with Crippen molar-refractivity contribution in [2.45, 2.75) is 32.2 Å². The van der Waals surface area contributed by atoms with Crippen molar-refractivity contribution in [2.24, 2.45) is 11.1 Å². The van der Waals surface area contributed by atoms with Gasteiger partial charge in [-0.25, -0.2) is 4.98 Å². The van der Waals surface area contributed by atoms with Gasteiger partial charge in [0.1, 0.15) is 5.82 Å². The molecule has 0 unspecified atom stereocenters. The molecule has 0 aliphatic heterocycles. The maximum absolute atomic E-state index is 9.28. The van der Waals surface area contributed by atoms with E-state index in [2.05, 4.69) is 10.6 Å². The van der Waals surface area contributed by atoms with Crippen molar-refractivity contribution >= 4 is 11.0 Å². The lowest BCUT2D eigenvalue weighted by molar-refractivity contribution is 0.139. The lowest BCUT2D eigenvalue weighted by Gasteiger charge is -2.40. The number of rotatable bonds is 5. The lowest BCUT2D eigenvalue weighted by atomic mass is 9.66. The number of hydrogen-bond acceptors (Lipinski definition) is 3. The zero-order valence-corrected chi connectivity index (χ0v) is 11.2. The number of aromatic nitrogens is 2. The first-order valence-electron chi connectivity index (χ1n) is 7.03. The average molecular weight is 259 g/mol. The minimum absolute atomic E-state index is 0.142. The van der Waals surface area contributed by atoms with Crippen molar-refractivity contribution in [3.05, 3.63) is 30.1 Å². The highest BCUT2D eigenvalue weighted by Crippen LogP contribution is 2.42. The molecule has 0 saturated heterocycles. The third-order valence-electron chi connectivity index (χ3n) is 4.44. The maximum atomic E-state index is 9.28. The second kappa shape index (κ2) is 4.94. The van der Waals surface area contributed by atoms with Crippen molar-refractivity contribution in [1.82, 2.24) is 9.55 Å². The summed E-state index contributed by atoms with van der Waals surface area (Å²) in [5.74, 6) is 1.07. The SMILES string of the molecule is NCC1(Cc2nc3ccccc3n2CCO)CCC1. The highest BCUT2D eigenvalue weighted by molar-refractivity contribution is 5.75. The van der Waals surface area contributed by atoms with Gasteiger partial charge in [0.05, 0.1) is 17.6 Å². The minimum atomic E-state index is 0.142. The van der Waals surface area contributed by atoms with Crippen LogP contribution in [0.1, 0.15) is 25.1 Å². The molecule has 102 valence electrons. The molecule has 1 aliphatic carbocycles. The Morgan fingerprint density at radius 3 is 2.74 bits per heavy atom. The third-order valence-corrected chi connectivity index (χ3v) is 4.44. The van der Waals surface area contributed by atoms with Crippen molar-refractivity contribution in [2.75, 3.05) is 13.2 Å². The van der Waals surface area contributed by atoms with Gasteiger partial charge in [-0.2, -0.15) is 0 Å². The van der Waals surface area contributed by atoms with Crippen molar-refractivity contribution in [3.8, 4) is 0 Å². The van der Waals surface area contributed by atoms with E-state index in [1.54, 1.807) is 0 Å². The molecule has 3 rings (SSSR count). The molecule has 1 fully saturated rings. The molecular weight excluding hydrogens is 238 g/mol. The molecule has 19 heavy (non-hydrogen) atoms. The van der Waals surface area contributed by atoms with Gasteiger partial charge in [0.2, 0.25) is 0 Å². The van der Waals surface area contributed by atoms with E-state index in [9.17, 15) is 5.11 Å². The second-order valence-electron chi connectivity index (χ2n) is 5.63. The van der Waals surface area contributed by atoms with Gasteiger partial charge < -0.3 is 15.4 Å². The van der Waals surface area contributed by atoms with Crippen LogP contribution in [-0.2, 0) is 13.0 Å². The summed E-state index contributed by atoms with van der Waals surface area (Å²) in [5, 5.41) is 9.28. The molecule has 0 atom stereocenters. The molecule has 1 aromatic heterocycles. The normalized spacial score (nSPS) is 17.6. The fourth-order valence-electron chi connectivity index (χ4n) is 3.08. The largest absolute Gasteiger partial charge is 0.395 e. The molecule has 1 aliphatic rings. The van der Waals surface area contributed by atoms with E-state index in [1.165, 1.54) is 19.3 Å². The summed E-state index contributed by atoms with van der Waals surface area (Å²) in [7, 11) is 0. The van der Waals surface area contributed by atoms with Gasteiger partial charge in [0, 0.05) is 13.0 Å². The zero-order valence-electron chi connectivity index (χ0n) is 11.2. The van der Waals surface area contributed by atoms with E-state index < -0.39 is 0 Å². The number of nitrogens with zero attached hydrogens (tertiary/aromatic N) is 2. The molecule has 4 nitrogen and oxygen atoms in total. The monoisotopic (exact) mass is 259 g/mol. The van der Waals surface area contributed by atoms with Gasteiger partial charge >= 0.3 is 0 Å². The van der Waals surface area contributed by atoms with Gasteiger partial charge in [-0.15, -0.1) is 0 Å².